The van der Waals surface area contributed by atoms with E-state index in [-0.39, 0.29) is 30.4 Å². The van der Waals surface area contributed by atoms with Crippen LogP contribution in [0.5, 0.6) is 0 Å². The molecule has 1 heterocycles. The number of nitrogens with zero attached hydrogens (tertiary/aromatic N) is 1. The van der Waals surface area contributed by atoms with Crippen molar-refractivity contribution < 1.29 is 14.7 Å². The third-order valence-corrected chi connectivity index (χ3v) is 2.67. The van der Waals surface area contributed by atoms with Crippen molar-refractivity contribution in [3.05, 3.63) is 0 Å². The molecule has 1 rings (SSSR count). The lowest BCUT2D eigenvalue weighted by molar-refractivity contribution is -0.128. The molecule has 2 N–H and O–H groups in total. The van der Waals surface area contributed by atoms with Crippen LogP contribution in [-0.4, -0.2) is 47.6 Å². The lowest BCUT2D eigenvalue weighted by Crippen LogP contribution is -2.40. The van der Waals surface area contributed by atoms with Crippen LogP contribution in [0.15, 0.2) is 0 Å². The second-order valence-electron chi connectivity index (χ2n) is 4.04. The molecule has 15 heavy (non-hydrogen) atoms. The van der Waals surface area contributed by atoms with Crippen LogP contribution in [0.25, 0.3) is 0 Å². The fourth-order valence-corrected chi connectivity index (χ4v) is 1.67. The topological polar surface area (TPSA) is 69.6 Å². The molecule has 0 spiro atoms. The summed E-state index contributed by atoms with van der Waals surface area (Å²) < 4.78 is 0. The van der Waals surface area contributed by atoms with E-state index in [9.17, 15) is 9.59 Å². The SMILES string of the molecule is CC(=O)N1CCC(C(=O)NC(C)CO)C1. The summed E-state index contributed by atoms with van der Waals surface area (Å²) in [7, 11) is 0. The molecule has 0 aliphatic carbocycles. The summed E-state index contributed by atoms with van der Waals surface area (Å²) in [6.07, 6.45) is 0.712. The van der Waals surface area contributed by atoms with E-state index in [1.165, 1.54) is 6.92 Å². The number of carbonyl (C=O) groups excluding carboxylic acids is 2. The van der Waals surface area contributed by atoms with Gasteiger partial charge < -0.3 is 15.3 Å². The van der Waals surface area contributed by atoms with Crippen molar-refractivity contribution >= 4 is 11.8 Å². The Morgan fingerprint density at radius 2 is 2.27 bits per heavy atom. The van der Waals surface area contributed by atoms with Gasteiger partial charge in [0.05, 0.1) is 12.5 Å². The first-order valence-electron chi connectivity index (χ1n) is 5.21. The number of hydrogen-bond acceptors (Lipinski definition) is 3. The summed E-state index contributed by atoms with van der Waals surface area (Å²) in [5.74, 6) is -0.177. The van der Waals surface area contributed by atoms with E-state index in [1.807, 2.05) is 0 Å². The molecule has 0 aromatic rings. The van der Waals surface area contributed by atoms with Crippen LogP contribution >= 0.6 is 0 Å². The number of likely N-dealkylation sites (tertiary alicyclic amines) is 1. The summed E-state index contributed by atoms with van der Waals surface area (Å²) >= 11 is 0. The lowest BCUT2D eigenvalue weighted by atomic mass is 10.1. The molecule has 2 unspecified atom stereocenters. The number of nitrogens with one attached hydrogen (secondary N) is 1. The van der Waals surface area contributed by atoms with Crippen LogP contribution in [0.3, 0.4) is 0 Å². The summed E-state index contributed by atoms with van der Waals surface area (Å²) in [6, 6.07) is -0.219. The summed E-state index contributed by atoms with van der Waals surface area (Å²) in [5, 5.41) is 11.5. The second-order valence-corrected chi connectivity index (χ2v) is 4.04. The van der Waals surface area contributed by atoms with E-state index in [1.54, 1.807) is 11.8 Å². The number of rotatable bonds is 3. The molecule has 5 heteroatoms. The minimum atomic E-state index is -0.219. The van der Waals surface area contributed by atoms with Crippen molar-refractivity contribution in [1.29, 1.82) is 0 Å². The van der Waals surface area contributed by atoms with Crippen LogP contribution in [0.4, 0.5) is 0 Å². The van der Waals surface area contributed by atoms with Gasteiger partial charge in [0, 0.05) is 26.1 Å². The van der Waals surface area contributed by atoms with Gasteiger partial charge in [0.25, 0.3) is 0 Å². The maximum Gasteiger partial charge on any atom is 0.225 e. The van der Waals surface area contributed by atoms with Crippen molar-refractivity contribution in [2.45, 2.75) is 26.3 Å². The normalized spacial score (nSPS) is 22.6. The van der Waals surface area contributed by atoms with Crippen LogP contribution in [-0.2, 0) is 9.59 Å². The third kappa shape index (κ3) is 3.20. The molecular formula is C10H18N2O3. The van der Waals surface area contributed by atoms with Crippen LogP contribution < -0.4 is 5.32 Å². The first-order valence-corrected chi connectivity index (χ1v) is 5.21. The maximum absolute atomic E-state index is 11.6. The summed E-state index contributed by atoms with van der Waals surface area (Å²) in [6.45, 7) is 4.35. The van der Waals surface area contributed by atoms with E-state index in [0.717, 1.165) is 0 Å². The van der Waals surface area contributed by atoms with Gasteiger partial charge in [-0.25, -0.2) is 0 Å². The molecule has 2 amide bonds. The van der Waals surface area contributed by atoms with Gasteiger partial charge >= 0.3 is 0 Å². The Balaban J connectivity index is 2.40. The highest BCUT2D eigenvalue weighted by atomic mass is 16.3. The second kappa shape index (κ2) is 5.11. The predicted octanol–water partition coefficient (Wildman–Crippen LogP) is -0.648. The van der Waals surface area contributed by atoms with Gasteiger partial charge in [0.2, 0.25) is 11.8 Å². The largest absolute Gasteiger partial charge is 0.394 e. The van der Waals surface area contributed by atoms with Crippen LogP contribution in [0.2, 0.25) is 0 Å². The van der Waals surface area contributed by atoms with Gasteiger partial charge in [-0.15, -0.1) is 0 Å². The number of hydrogen-bond donors (Lipinski definition) is 2. The Morgan fingerprint density at radius 1 is 1.60 bits per heavy atom. The number of carbonyl (C=O) groups is 2. The molecule has 0 aromatic carbocycles. The Kier molecular flexibility index (Phi) is 4.08. The van der Waals surface area contributed by atoms with Crippen LogP contribution in [0, 0.1) is 5.92 Å². The smallest absolute Gasteiger partial charge is 0.225 e. The predicted molar refractivity (Wildman–Crippen MR) is 55.1 cm³/mol. The highest BCUT2D eigenvalue weighted by molar-refractivity contribution is 5.81. The molecule has 2 atom stereocenters. The quantitative estimate of drug-likeness (QED) is 0.656. The van der Waals surface area contributed by atoms with Gasteiger partial charge in [-0.1, -0.05) is 0 Å². The van der Waals surface area contributed by atoms with Crippen molar-refractivity contribution in [2.75, 3.05) is 19.7 Å². The Morgan fingerprint density at radius 3 is 2.73 bits per heavy atom. The lowest BCUT2D eigenvalue weighted by Gasteiger charge is -2.16. The fraction of sp³-hybridized carbons (Fsp3) is 0.800. The molecule has 1 aliphatic heterocycles. The average Bonchev–Trinajstić information content (AvgIpc) is 2.66. The molecule has 1 saturated heterocycles. The zero-order valence-corrected chi connectivity index (χ0v) is 9.19. The van der Waals surface area contributed by atoms with E-state index >= 15 is 0 Å². The molecule has 1 aliphatic rings. The number of amides is 2. The zero-order valence-electron chi connectivity index (χ0n) is 9.19. The molecule has 5 nitrogen and oxygen atoms in total. The van der Waals surface area contributed by atoms with Crippen molar-refractivity contribution in [2.24, 2.45) is 5.92 Å². The Bertz CT molecular complexity index is 255. The number of aliphatic hydroxyl groups is 1. The third-order valence-electron chi connectivity index (χ3n) is 2.67. The van der Waals surface area contributed by atoms with E-state index in [4.69, 9.17) is 5.11 Å². The highest BCUT2D eigenvalue weighted by Gasteiger charge is 2.29. The summed E-state index contributed by atoms with van der Waals surface area (Å²) in [5.41, 5.74) is 0. The van der Waals surface area contributed by atoms with Gasteiger partial charge in [-0.2, -0.15) is 0 Å². The monoisotopic (exact) mass is 214 g/mol. The molecule has 86 valence electrons. The molecule has 0 saturated carbocycles. The van der Waals surface area contributed by atoms with Gasteiger partial charge in [-0.05, 0) is 13.3 Å². The molecule has 1 fully saturated rings. The molecule has 0 aromatic heterocycles. The summed E-state index contributed by atoms with van der Waals surface area (Å²) in [4.78, 5) is 24.3. The maximum atomic E-state index is 11.6. The van der Waals surface area contributed by atoms with E-state index in [0.29, 0.717) is 19.5 Å². The highest BCUT2D eigenvalue weighted by Crippen LogP contribution is 2.16. The first kappa shape index (κ1) is 12.0. The first-order chi connectivity index (χ1) is 7.04. The average molecular weight is 214 g/mol. The van der Waals surface area contributed by atoms with Gasteiger partial charge in [-0.3, -0.25) is 9.59 Å². The van der Waals surface area contributed by atoms with E-state index in [2.05, 4.69) is 5.32 Å². The van der Waals surface area contributed by atoms with Crippen molar-refractivity contribution in [3.8, 4) is 0 Å². The van der Waals surface area contributed by atoms with Crippen molar-refractivity contribution in [3.63, 3.8) is 0 Å². The Hall–Kier alpha value is -1.10. The van der Waals surface area contributed by atoms with Crippen LogP contribution in [0.1, 0.15) is 20.3 Å². The van der Waals surface area contributed by atoms with E-state index < -0.39 is 0 Å². The van der Waals surface area contributed by atoms with Gasteiger partial charge in [0.1, 0.15) is 0 Å². The minimum Gasteiger partial charge on any atom is -0.394 e. The fourth-order valence-electron chi connectivity index (χ4n) is 1.67. The standard InChI is InChI=1S/C10H18N2O3/c1-7(6-13)11-10(15)9-3-4-12(5-9)8(2)14/h7,9,13H,3-6H2,1-2H3,(H,11,15). The van der Waals surface area contributed by atoms with Gasteiger partial charge in [0.15, 0.2) is 0 Å². The molecule has 0 radical (unpaired) electrons. The molecular weight excluding hydrogens is 196 g/mol. The van der Waals surface area contributed by atoms with Crippen molar-refractivity contribution in [1.82, 2.24) is 10.2 Å². The number of aliphatic hydroxyl groups excluding tert-OH is 1. The zero-order chi connectivity index (χ0) is 11.4. The minimum absolute atomic E-state index is 0.0144. The Labute approximate surface area is 89.4 Å². The molecule has 0 bridgehead atoms.